The van der Waals surface area contributed by atoms with Crippen LogP contribution in [0, 0.1) is 11.7 Å². The van der Waals surface area contributed by atoms with E-state index in [1.165, 1.54) is 24.3 Å². The number of benzene rings is 1. The van der Waals surface area contributed by atoms with Gasteiger partial charge in [0.2, 0.25) is 5.91 Å². The molecule has 5 nitrogen and oxygen atoms in total. The van der Waals surface area contributed by atoms with E-state index in [9.17, 15) is 14.0 Å². The van der Waals surface area contributed by atoms with Crippen LogP contribution in [0.4, 0.5) is 4.39 Å². The van der Waals surface area contributed by atoms with Crippen molar-refractivity contribution < 1.29 is 14.0 Å². The first kappa shape index (κ1) is 20.4. The van der Waals surface area contributed by atoms with Crippen molar-refractivity contribution in [3.05, 3.63) is 35.6 Å². The first-order chi connectivity index (χ1) is 10.9. The van der Waals surface area contributed by atoms with E-state index in [0.717, 1.165) is 6.42 Å². The van der Waals surface area contributed by atoms with Crippen molar-refractivity contribution in [1.82, 2.24) is 9.80 Å². The minimum atomic E-state index is -0.362. The molecule has 1 heterocycles. The molecular formula is C17H25ClFN3O2. The number of rotatable bonds is 3. The Morgan fingerprint density at radius 1 is 1.04 bits per heavy atom. The molecule has 0 saturated carbocycles. The van der Waals surface area contributed by atoms with Gasteiger partial charge in [-0.25, -0.2) is 4.39 Å². The second-order valence-corrected chi connectivity index (χ2v) is 6.13. The summed E-state index contributed by atoms with van der Waals surface area (Å²) in [4.78, 5) is 28.3. The monoisotopic (exact) mass is 357 g/mol. The Balaban J connectivity index is 0.00000288. The smallest absolute Gasteiger partial charge is 0.253 e. The first-order valence-corrected chi connectivity index (χ1v) is 7.99. The van der Waals surface area contributed by atoms with Crippen molar-refractivity contribution >= 4 is 24.2 Å². The van der Waals surface area contributed by atoms with Crippen LogP contribution in [0.15, 0.2) is 24.3 Å². The maximum Gasteiger partial charge on any atom is 0.253 e. The zero-order valence-corrected chi connectivity index (χ0v) is 14.9. The van der Waals surface area contributed by atoms with Gasteiger partial charge in [0, 0.05) is 37.8 Å². The average Bonchev–Trinajstić information content (AvgIpc) is 2.79. The minimum Gasteiger partial charge on any atom is -0.341 e. The third-order valence-electron chi connectivity index (χ3n) is 4.36. The Morgan fingerprint density at radius 3 is 2.17 bits per heavy atom. The van der Waals surface area contributed by atoms with Gasteiger partial charge < -0.3 is 15.5 Å². The van der Waals surface area contributed by atoms with Gasteiger partial charge in [0.05, 0.1) is 5.92 Å². The predicted molar refractivity (Wildman–Crippen MR) is 93.6 cm³/mol. The largest absolute Gasteiger partial charge is 0.341 e. The van der Waals surface area contributed by atoms with Gasteiger partial charge in [-0.2, -0.15) is 0 Å². The van der Waals surface area contributed by atoms with Gasteiger partial charge in [-0.3, -0.25) is 9.59 Å². The molecule has 1 aromatic rings. The van der Waals surface area contributed by atoms with Crippen LogP contribution < -0.4 is 5.73 Å². The molecule has 24 heavy (non-hydrogen) atoms. The highest BCUT2D eigenvalue weighted by Gasteiger charge is 2.26. The van der Waals surface area contributed by atoms with Crippen LogP contribution in [-0.2, 0) is 4.79 Å². The molecule has 2 unspecified atom stereocenters. The lowest BCUT2D eigenvalue weighted by Gasteiger charge is -2.26. The summed E-state index contributed by atoms with van der Waals surface area (Å²) >= 11 is 0. The average molecular weight is 358 g/mol. The fourth-order valence-corrected chi connectivity index (χ4v) is 2.63. The lowest BCUT2D eigenvalue weighted by Crippen LogP contribution is -2.43. The normalized spacial score (nSPS) is 17.5. The third-order valence-corrected chi connectivity index (χ3v) is 4.36. The van der Waals surface area contributed by atoms with Crippen LogP contribution in [0.2, 0.25) is 0 Å². The van der Waals surface area contributed by atoms with E-state index >= 15 is 0 Å². The maximum atomic E-state index is 13.0. The summed E-state index contributed by atoms with van der Waals surface area (Å²) < 4.78 is 13.0. The molecule has 0 aromatic heterocycles. The number of amides is 2. The van der Waals surface area contributed by atoms with E-state index in [4.69, 9.17) is 5.73 Å². The van der Waals surface area contributed by atoms with Crippen molar-refractivity contribution in [3.8, 4) is 0 Å². The van der Waals surface area contributed by atoms with Gasteiger partial charge >= 0.3 is 0 Å². The number of halogens is 2. The lowest BCUT2D eigenvalue weighted by molar-refractivity contribution is -0.135. The van der Waals surface area contributed by atoms with Gasteiger partial charge in [-0.05, 0) is 37.6 Å². The van der Waals surface area contributed by atoms with E-state index in [1.807, 2.05) is 13.8 Å². The van der Waals surface area contributed by atoms with Crippen LogP contribution in [0.1, 0.15) is 30.6 Å². The van der Waals surface area contributed by atoms with Crippen molar-refractivity contribution in [3.63, 3.8) is 0 Å². The maximum absolute atomic E-state index is 13.0. The highest BCUT2D eigenvalue weighted by molar-refractivity contribution is 5.94. The molecule has 1 fully saturated rings. The number of hydrogen-bond acceptors (Lipinski definition) is 3. The molecular weight excluding hydrogens is 333 g/mol. The van der Waals surface area contributed by atoms with E-state index < -0.39 is 0 Å². The van der Waals surface area contributed by atoms with E-state index in [1.54, 1.807) is 9.80 Å². The Hall–Kier alpha value is -1.66. The third kappa shape index (κ3) is 4.92. The molecule has 1 aromatic carbocycles. The molecule has 2 rings (SSSR count). The molecule has 0 bridgehead atoms. The van der Waals surface area contributed by atoms with Crippen LogP contribution >= 0.6 is 12.4 Å². The molecule has 1 aliphatic heterocycles. The van der Waals surface area contributed by atoms with Crippen molar-refractivity contribution in [2.24, 2.45) is 11.7 Å². The van der Waals surface area contributed by atoms with Gasteiger partial charge in [0.1, 0.15) is 5.82 Å². The molecule has 0 aliphatic carbocycles. The number of nitrogens with two attached hydrogens (primary N) is 1. The molecule has 1 saturated heterocycles. The van der Waals surface area contributed by atoms with E-state index in [0.29, 0.717) is 31.7 Å². The topological polar surface area (TPSA) is 66.6 Å². The second kappa shape index (κ2) is 8.99. The Labute approximate surface area is 148 Å². The zero-order chi connectivity index (χ0) is 17.0. The molecule has 2 amide bonds. The molecule has 7 heteroatoms. The summed E-state index contributed by atoms with van der Waals surface area (Å²) in [6.45, 7) is 5.86. The van der Waals surface area contributed by atoms with E-state index in [-0.39, 0.29) is 42.0 Å². The number of carbonyl (C=O) groups is 2. The van der Waals surface area contributed by atoms with Gasteiger partial charge in [-0.1, -0.05) is 6.92 Å². The molecule has 1 aliphatic rings. The standard InChI is InChI=1S/C17H24FN3O2.ClH/c1-12(13(2)19)16(22)20-8-3-9-21(11-10-20)17(23)14-4-6-15(18)7-5-14;/h4-7,12-13H,3,8-11,19H2,1-2H3;1H. The second-order valence-electron chi connectivity index (χ2n) is 6.13. The van der Waals surface area contributed by atoms with Crippen molar-refractivity contribution in [2.75, 3.05) is 26.2 Å². The summed E-state index contributed by atoms with van der Waals surface area (Å²) in [6, 6.07) is 5.35. The van der Waals surface area contributed by atoms with Crippen LogP contribution in [0.5, 0.6) is 0 Å². The number of nitrogens with zero attached hydrogens (tertiary/aromatic N) is 2. The zero-order valence-electron chi connectivity index (χ0n) is 14.1. The molecule has 0 radical (unpaired) electrons. The quantitative estimate of drug-likeness (QED) is 0.898. The summed E-state index contributed by atoms with van der Waals surface area (Å²) in [6.07, 6.45) is 0.727. The van der Waals surface area contributed by atoms with Crippen LogP contribution in [0.25, 0.3) is 0 Å². The highest BCUT2D eigenvalue weighted by atomic mass is 35.5. The fraction of sp³-hybridized carbons (Fsp3) is 0.529. The SMILES string of the molecule is CC(N)C(C)C(=O)N1CCCN(C(=O)c2ccc(F)cc2)CC1.Cl. The van der Waals surface area contributed by atoms with Crippen LogP contribution in [-0.4, -0.2) is 53.8 Å². The van der Waals surface area contributed by atoms with Gasteiger partial charge in [0.25, 0.3) is 5.91 Å². The summed E-state index contributed by atoms with van der Waals surface area (Å²) in [5.74, 6) is -0.677. The Kier molecular flexibility index (Phi) is 7.63. The first-order valence-electron chi connectivity index (χ1n) is 7.99. The Bertz CT molecular complexity index is 565. The molecule has 2 atom stereocenters. The fourth-order valence-electron chi connectivity index (χ4n) is 2.63. The van der Waals surface area contributed by atoms with Crippen molar-refractivity contribution in [1.29, 1.82) is 0 Å². The number of carbonyl (C=O) groups excluding carboxylic acids is 2. The minimum absolute atomic E-state index is 0. The highest BCUT2D eigenvalue weighted by Crippen LogP contribution is 2.13. The van der Waals surface area contributed by atoms with Gasteiger partial charge in [-0.15, -0.1) is 12.4 Å². The van der Waals surface area contributed by atoms with Gasteiger partial charge in [0.15, 0.2) is 0 Å². The van der Waals surface area contributed by atoms with Crippen LogP contribution in [0.3, 0.4) is 0 Å². The van der Waals surface area contributed by atoms with Crippen molar-refractivity contribution in [2.45, 2.75) is 26.3 Å². The molecule has 2 N–H and O–H groups in total. The molecule has 0 spiro atoms. The summed E-state index contributed by atoms with van der Waals surface area (Å²) in [7, 11) is 0. The summed E-state index contributed by atoms with van der Waals surface area (Å²) in [5.41, 5.74) is 6.27. The predicted octanol–water partition coefficient (Wildman–Crippen LogP) is 1.91. The van der Waals surface area contributed by atoms with E-state index in [2.05, 4.69) is 0 Å². The lowest BCUT2D eigenvalue weighted by atomic mass is 10.0. The number of hydrogen-bond donors (Lipinski definition) is 1. The Morgan fingerprint density at radius 2 is 1.58 bits per heavy atom. The molecule has 134 valence electrons. The summed E-state index contributed by atoms with van der Waals surface area (Å²) in [5, 5.41) is 0.